The molecule has 2 nitrogen and oxygen atoms in total. The van der Waals surface area contributed by atoms with E-state index in [0.29, 0.717) is 5.92 Å². The molecule has 1 aliphatic carbocycles. The predicted molar refractivity (Wildman–Crippen MR) is 86.1 cm³/mol. The molecule has 1 aromatic carbocycles. The molecule has 3 unspecified atom stereocenters. The fourth-order valence-electron chi connectivity index (χ4n) is 4.48. The molecule has 1 aliphatic heterocycles. The van der Waals surface area contributed by atoms with E-state index < -0.39 is 0 Å². The lowest BCUT2D eigenvalue weighted by molar-refractivity contribution is 0.154. The molecule has 0 aromatic heterocycles. The standard InChI is InChI=1S/C18H28N2/c1-14-9-10-15(2)18(12-14,13-19)20-11-5-7-16-6-3-4-8-17(16)20/h3-4,6,8,14-15H,5,7,9-13,19H2,1-2H3. The van der Waals surface area contributed by atoms with Gasteiger partial charge < -0.3 is 10.6 Å². The van der Waals surface area contributed by atoms with Crippen LogP contribution in [0.25, 0.3) is 0 Å². The van der Waals surface area contributed by atoms with Gasteiger partial charge in [0.15, 0.2) is 0 Å². The highest BCUT2D eigenvalue weighted by Gasteiger charge is 2.45. The summed E-state index contributed by atoms with van der Waals surface area (Å²) in [6, 6.07) is 8.95. The molecule has 2 N–H and O–H groups in total. The molecule has 0 bridgehead atoms. The van der Waals surface area contributed by atoms with E-state index in [0.717, 1.165) is 12.5 Å². The van der Waals surface area contributed by atoms with Crippen molar-refractivity contribution < 1.29 is 0 Å². The van der Waals surface area contributed by atoms with Gasteiger partial charge in [0.1, 0.15) is 0 Å². The van der Waals surface area contributed by atoms with E-state index >= 15 is 0 Å². The number of fused-ring (bicyclic) bond motifs is 1. The van der Waals surface area contributed by atoms with Crippen LogP contribution in [0.3, 0.4) is 0 Å². The smallest absolute Gasteiger partial charge is 0.0552 e. The van der Waals surface area contributed by atoms with E-state index in [1.807, 2.05) is 0 Å². The SMILES string of the molecule is CC1CCC(C)C(CN)(N2CCCc3ccccc32)C1. The van der Waals surface area contributed by atoms with Crippen molar-refractivity contribution in [2.75, 3.05) is 18.0 Å². The van der Waals surface area contributed by atoms with E-state index in [4.69, 9.17) is 5.73 Å². The zero-order chi connectivity index (χ0) is 14.2. The van der Waals surface area contributed by atoms with Crippen LogP contribution in [0.4, 0.5) is 5.69 Å². The van der Waals surface area contributed by atoms with Crippen molar-refractivity contribution in [3.05, 3.63) is 29.8 Å². The highest BCUT2D eigenvalue weighted by molar-refractivity contribution is 5.58. The van der Waals surface area contributed by atoms with Crippen LogP contribution < -0.4 is 10.6 Å². The van der Waals surface area contributed by atoms with Gasteiger partial charge in [0.2, 0.25) is 0 Å². The lowest BCUT2D eigenvalue weighted by atomic mass is 9.68. The van der Waals surface area contributed by atoms with Crippen LogP contribution in [0, 0.1) is 11.8 Å². The van der Waals surface area contributed by atoms with Crippen LogP contribution in [0.1, 0.15) is 45.1 Å². The highest BCUT2D eigenvalue weighted by atomic mass is 15.2. The Labute approximate surface area is 123 Å². The van der Waals surface area contributed by atoms with Crippen molar-refractivity contribution in [1.29, 1.82) is 0 Å². The van der Waals surface area contributed by atoms with Crippen LogP contribution in [0.2, 0.25) is 0 Å². The van der Waals surface area contributed by atoms with Gasteiger partial charge in [-0.25, -0.2) is 0 Å². The summed E-state index contributed by atoms with van der Waals surface area (Å²) in [7, 11) is 0. The second-order valence-electron chi connectivity index (χ2n) is 6.98. The van der Waals surface area contributed by atoms with Gasteiger partial charge in [-0.05, 0) is 49.1 Å². The van der Waals surface area contributed by atoms with Gasteiger partial charge >= 0.3 is 0 Å². The number of nitrogens with zero attached hydrogens (tertiary/aromatic N) is 1. The van der Waals surface area contributed by atoms with Crippen LogP contribution in [0.5, 0.6) is 0 Å². The Morgan fingerprint density at radius 1 is 1.25 bits per heavy atom. The van der Waals surface area contributed by atoms with Gasteiger partial charge in [-0.3, -0.25) is 0 Å². The summed E-state index contributed by atoms with van der Waals surface area (Å²) >= 11 is 0. The van der Waals surface area contributed by atoms with E-state index in [-0.39, 0.29) is 5.54 Å². The summed E-state index contributed by atoms with van der Waals surface area (Å²) in [4.78, 5) is 2.67. The predicted octanol–water partition coefficient (Wildman–Crippen LogP) is 3.59. The lowest BCUT2D eigenvalue weighted by Gasteiger charge is -2.54. The molecule has 110 valence electrons. The normalized spacial score (nSPS) is 33.9. The van der Waals surface area contributed by atoms with Gasteiger partial charge in [-0.15, -0.1) is 0 Å². The van der Waals surface area contributed by atoms with Gasteiger partial charge in [0.25, 0.3) is 0 Å². The molecule has 0 spiro atoms. The van der Waals surface area contributed by atoms with E-state index in [9.17, 15) is 0 Å². The Bertz CT molecular complexity index is 470. The van der Waals surface area contributed by atoms with Crippen LogP contribution in [-0.2, 0) is 6.42 Å². The molecule has 0 amide bonds. The molecular weight excluding hydrogens is 244 g/mol. The lowest BCUT2D eigenvalue weighted by Crippen LogP contribution is -2.62. The number of benzene rings is 1. The first kappa shape index (κ1) is 13.9. The molecule has 0 saturated heterocycles. The minimum atomic E-state index is 0.175. The third-order valence-electron chi connectivity index (χ3n) is 5.71. The third kappa shape index (κ3) is 2.14. The summed E-state index contributed by atoms with van der Waals surface area (Å²) in [6.07, 6.45) is 6.41. The Kier molecular flexibility index (Phi) is 3.76. The Morgan fingerprint density at radius 3 is 2.85 bits per heavy atom. The maximum absolute atomic E-state index is 6.34. The Hall–Kier alpha value is -1.02. The zero-order valence-corrected chi connectivity index (χ0v) is 12.9. The first-order chi connectivity index (χ1) is 9.67. The maximum Gasteiger partial charge on any atom is 0.0552 e. The van der Waals surface area contributed by atoms with Gasteiger partial charge in [0.05, 0.1) is 5.54 Å². The van der Waals surface area contributed by atoms with E-state index in [2.05, 4.69) is 43.0 Å². The number of aryl methyl sites for hydroxylation is 1. The highest BCUT2D eigenvalue weighted by Crippen LogP contribution is 2.44. The van der Waals surface area contributed by atoms with Gasteiger partial charge in [-0.2, -0.15) is 0 Å². The summed E-state index contributed by atoms with van der Waals surface area (Å²) in [5.41, 5.74) is 9.47. The Balaban J connectivity index is 2.01. The molecule has 20 heavy (non-hydrogen) atoms. The average molecular weight is 272 g/mol. The van der Waals surface area contributed by atoms with Crippen molar-refractivity contribution in [2.45, 2.75) is 51.5 Å². The first-order valence-corrected chi connectivity index (χ1v) is 8.23. The van der Waals surface area contributed by atoms with Crippen LogP contribution >= 0.6 is 0 Å². The fourth-order valence-corrected chi connectivity index (χ4v) is 4.48. The zero-order valence-electron chi connectivity index (χ0n) is 12.9. The monoisotopic (exact) mass is 272 g/mol. The van der Waals surface area contributed by atoms with E-state index in [1.165, 1.54) is 49.9 Å². The number of para-hydroxylation sites is 1. The van der Waals surface area contributed by atoms with Gasteiger partial charge in [-0.1, -0.05) is 38.5 Å². The molecule has 2 heteroatoms. The topological polar surface area (TPSA) is 29.3 Å². The fraction of sp³-hybridized carbons (Fsp3) is 0.667. The number of nitrogens with two attached hydrogens (primary N) is 1. The number of anilines is 1. The number of rotatable bonds is 2. The van der Waals surface area contributed by atoms with Crippen LogP contribution in [0.15, 0.2) is 24.3 Å². The molecule has 1 heterocycles. The largest absolute Gasteiger partial charge is 0.364 e. The van der Waals surface area contributed by atoms with Crippen LogP contribution in [-0.4, -0.2) is 18.6 Å². The van der Waals surface area contributed by atoms with Crippen molar-refractivity contribution in [3.63, 3.8) is 0 Å². The first-order valence-electron chi connectivity index (χ1n) is 8.23. The molecule has 0 radical (unpaired) electrons. The summed E-state index contributed by atoms with van der Waals surface area (Å²) in [5.74, 6) is 1.48. The van der Waals surface area contributed by atoms with Crippen molar-refractivity contribution in [3.8, 4) is 0 Å². The molecule has 1 saturated carbocycles. The quantitative estimate of drug-likeness (QED) is 0.891. The molecular formula is C18H28N2. The van der Waals surface area contributed by atoms with Gasteiger partial charge in [0, 0.05) is 18.8 Å². The molecule has 1 fully saturated rings. The summed E-state index contributed by atoms with van der Waals surface area (Å²) < 4.78 is 0. The van der Waals surface area contributed by atoms with Crippen molar-refractivity contribution in [1.82, 2.24) is 0 Å². The number of hydrogen-bond acceptors (Lipinski definition) is 2. The second kappa shape index (κ2) is 5.40. The minimum absolute atomic E-state index is 0.175. The molecule has 1 aromatic rings. The molecule has 3 atom stereocenters. The molecule has 3 rings (SSSR count). The average Bonchev–Trinajstić information content (AvgIpc) is 2.49. The summed E-state index contributed by atoms with van der Waals surface area (Å²) in [5, 5.41) is 0. The maximum atomic E-state index is 6.34. The van der Waals surface area contributed by atoms with Crippen molar-refractivity contribution in [2.24, 2.45) is 17.6 Å². The van der Waals surface area contributed by atoms with Crippen molar-refractivity contribution >= 4 is 5.69 Å². The third-order valence-corrected chi connectivity index (χ3v) is 5.71. The second-order valence-corrected chi connectivity index (χ2v) is 6.98. The number of hydrogen-bond donors (Lipinski definition) is 1. The Morgan fingerprint density at radius 2 is 2.05 bits per heavy atom. The molecule has 2 aliphatic rings. The summed E-state index contributed by atoms with van der Waals surface area (Å²) in [6.45, 7) is 6.76. The van der Waals surface area contributed by atoms with E-state index in [1.54, 1.807) is 0 Å². The minimum Gasteiger partial charge on any atom is -0.364 e.